The average molecular weight is 282 g/mol. The number of rotatable bonds is 5. The number of hydrogen-bond acceptors (Lipinski definition) is 2. The fourth-order valence-corrected chi connectivity index (χ4v) is 2.05. The molecule has 1 aliphatic rings. The van der Waals surface area contributed by atoms with Crippen LogP contribution in [0.1, 0.15) is 18.4 Å². The van der Waals surface area contributed by atoms with E-state index < -0.39 is 0 Å². The van der Waals surface area contributed by atoms with Crippen molar-refractivity contribution in [3.05, 3.63) is 28.8 Å². The second-order valence-corrected chi connectivity index (χ2v) is 5.03. The van der Waals surface area contributed by atoms with E-state index in [1.165, 1.54) is 12.8 Å². The van der Waals surface area contributed by atoms with Gasteiger partial charge in [-0.2, -0.15) is 0 Å². The van der Waals surface area contributed by atoms with Crippen LogP contribution in [0.25, 0.3) is 0 Å². The third-order valence-corrected chi connectivity index (χ3v) is 3.44. The Hall–Kier alpha value is -1.42. The standard InChI is InChI=1S/C14H20ClN3O/c1-16-14(18-11-4-5-11)17-8-7-10-3-6-12(19-2)9-13(10)15/h3,6,9,11H,4-5,7-8H2,1-2H3,(H2,16,17,18). The zero-order valence-electron chi connectivity index (χ0n) is 11.4. The van der Waals surface area contributed by atoms with Gasteiger partial charge in [0.25, 0.3) is 0 Å². The highest BCUT2D eigenvalue weighted by Gasteiger charge is 2.21. The summed E-state index contributed by atoms with van der Waals surface area (Å²) in [6.45, 7) is 0.804. The molecule has 2 rings (SSSR count). The van der Waals surface area contributed by atoms with Gasteiger partial charge in [0.15, 0.2) is 5.96 Å². The molecule has 0 amide bonds. The van der Waals surface area contributed by atoms with E-state index in [0.29, 0.717) is 6.04 Å². The van der Waals surface area contributed by atoms with Crippen LogP contribution in [0.2, 0.25) is 5.02 Å². The summed E-state index contributed by atoms with van der Waals surface area (Å²) in [5.74, 6) is 1.65. The van der Waals surface area contributed by atoms with Crippen LogP contribution in [0.15, 0.2) is 23.2 Å². The first-order valence-corrected chi connectivity index (χ1v) is 6.90. The maximum atomic E-state index is 6.20. The van der Waals surface area contributed by atoms with Crippen LogP contribution in [0, 0.1) is 0 Å². The molecule has 0 radical (unpaired) electrons. The van der Waals surface area contributed by atoms with Gasteiger partial charge in [-0.05, 0) is 37.0 Å². The lowest BCUT2D eigenvalue weighted by Crippen LogP contribution is -2.39. The minimum Gasteiger partial charge on any atom is -0.497 e. The van der Waals surface area contributed by atoms with Gasteiger partial charge in [0.05, 0.1) is 7.11 Å². The maximum Gasteiger partial charge on any atom is 0.191 e. The van der Waals surface area contributed by atoms with E-state index in [4.69, 9.17) is 16.3 Å². The van der Waals surface area contributed by atoms with E-state index in [-0.39, 0.29) is 0 Å². The van der Waals surface area contributed by atoms with E-state index in [9.17, 15) is 0 Å². The van der Waals surface area contributed by atoms with Crippen molar-refractivity contribution in [2.75, 3.05) is 20.7 Å². The molecule has 19 heavy (non-hydrogen) atoms. The molecule has 104 valence electrons. The summed E-state index contributed by atoms with van der Waals surface area (Å²) >= 11 is 6.20. The van der Waals surface area contributed by atoms with Gasteiger partial charge in [-0.15, -0.1) is 0 Å². The fraction of sp³-hybridized carbons (Fsp3) is 0.500. The quantitative estimate of drug-likeness (QED) is 0.643. The van der Waals surface area contributed by atoms with E-state index >= 15 is 0 Å². The number of guanidine groups is 1. The Labute approximate surface area is 119 Å². The second kappa shape index (κ2) is 6.66. The summed E-state index contributed by atoms with van der Waals surface area (Å²) in [7, 11) is 3.43. The first-order chi connectivity index (χ1) is 9.22. The predicted octanol–water partition coefficient (Wildman–Crippen LogP) is 2.22. The molecule has 0 saturated heterocycles. The minimum absolute atomic E-state index is 0.607. The minimum atomic E-state index is 0.607. The zero-order chi connectivity index (χ0) is 13.7. The first-order valence-electron chi connectivity index (χ1n) is 6.52. The SMILES string of the molecule is CN=C(NCCc1ccc(OC)cc1Cl)NC1CC1. The molecule has 4 nitrogen and oxygen atoms in total. The van der Waals surface area contributed by atoms with E-state index in [0.717, 1.165) is 35.3 Å². The molecule has 0 aliphatic heterocycles. The van der Waals surface area contributed by atoms with Crippen LogP contribution >= 0.6 is 11.6 Å². The largest absolute Gasteiger partial charge is 0.497 e. The third-order valence-electron chi connectivity index (χ3n) is 3.09. The second-order valence-electron chi connectivity index (χ2n) is 4.62. The molecule has 0 atom stereocenters. The van der Waals surface area contributed by atoms with Crippen LogP contribution in [-0.2, 0) is 6.42 Å². The molecule has 1 aromatic rings. The van der Waals surface area contributed by atoms with Crippen LogP contribution in [0.3, 0.4) is 0 Å². The highest BCUT2D eigenvalue weighted by Crippen LogP contribution is 2.22. The molecule has 0 heterocycles. The number of nitrogens with zero attached hydrogens (tertiary/aromatic N) is 1. The number of methoxy groups -OCH3 is 1. The lowest BCUT2D eigenvalue weighted by molar-refractivity contribution is 0.414. The molecular weight excluding hydrogens is 262 g/mol. The molecule has 1 aromatic carbocycles. The Morgan fingerprint density at radius 1 is 1.47 bits per heavy atom. The van der Waals surface area contributed by atoms with E-state index in [2.05, 4.69) is 15.6 Å². The van der Waals surface area contributed by atoms with Gasteiger partial charge < -0.3 is 15.4 Å². The maximum absolute atomic E-state index is 6.20. The summed E-state index contributed by atoms with van der Waals surface area (Å²) in [4.78, 5) is 4.19. The van der Waals surface area contributed by atoms with Crippen molar-refractivity contribution in [2.24, 2.45) is 4.99 Å². The monoisotopic (exact) mass is 281 g/mol. The summed E-state index contributed by atoms with van der Waals surface area (Å²) in [6.07, 6.45) is 3.34. The predicted molar refractivity (Wildman–Crippen MR) is 79.2 cm³/mol. The molecule has 5 heteroatoms. The van der Waals surface area contributed by atoms with E-state index in [1.807, 2.05) is 18.2 Å². The highest BCUT2D eigenvalue weighted by atomic mass is 35.5. The Bertz CT molecular complexity index is 458. The summed E-state index contributed by atoms with van der Waals surface area (Å²) in [5, 5.41) is 7.38. The van der Waals surface area contributed by atoms with Crippen LogP contribution in [0.4, 0.5) is 0 Å². The Morgan fingerprint density at radius 3 is 2.84 bits per heavy atom. The normalized spacial score (nSPS) is 15.2. The number of hydrogen-bond donors (Lipinski definition) is 2. The summed E-state index contributed by atoms with van der Waals surface area (Å²) in [6, 6.07) is 6.38. The molecule has 0 aromatic heterocycles. The summed E-state index contributed by atoms with van der Waals surface area (Å²) in [5.41, 5.74) is 1.11. The van der Waals surface area contributed by atoms with Crippen molar-refractivity contribution in [3.8, 4) is 5.75 Å². The van der Waals surface area contributed by atoms with Crippen LogP contribution < -0.4 is 15.4 Å². The Balaban J connectivity index is 1.81. The average Bonchev–Trinajstić information content (AvgIpc) is 3.23. The molecule has 2 N–H and O–H groups in total. The van der Waals surface area contributed by atoms with Gasteiger partial charge in [0.1, 0.15) is 5.75 Å². The molecular formula is C14H20ClN3O. The number of halogens is 1. The summed E-state index contributed by atoms with van der Waals surface area (Å²) < 4.78 is 5.13. The van der Waals surface area contributed by atoms with Gasteiger partial charge in [-0.25, -0.2) is 0 Å². The third kappa shape index (κ3) is 4.31. The molecule has 0 bridgehead atoms. The topological polar surface area (TPSA) is 45.7 Å². The number of benzene rings is 1. The number of ether oxygens (including phenoxy) is 1. The number of nitrogens with one attached hydrogen (secondary N) is 2. The molecule has 1 saturated carbocycles. The van der Waals surface area contributed by atoms with Crippen molar-refractivity contribution in [1.82, 2.24) is 10.6 Å². The van der Waals surface area contributed by atoms with Crippen molar-refractivity contribution in [1.29, 1.82) is 0 Å². The highest BCUT2D eigenvalue weighted by molar-refractivity contribution is 6.31. The van der Waals surface area contributed by atoms with Crippen molar-refractivity contribution >= 4 is 17.6 Å². The van der Waals surface area contributed by atoms with Crippen molar-refractivity contribution < 1.29 is 4.74 Å². The zero-order valence-corrected chi connectivity index (χ0v) is 12.1. The lowest BCUT2D eigenvalue weighted by Gasteiger charge is -2.12. The number of aliphatic imine (C=N–C) groups is 1. The van der Waals surface area contributed by atoms with Gasteiger partial charge >= 0.3 is 0 Å². The Morgan fingerprint density at radius 2 is 2.26 bits per heavy atom. The Kier molecular flexibility index (Phi) is 4.91. The molecule has 1 fully saturated rings. The van der Waals surface area contributed by atoms with E-state index in [1.54, 1.807) is 14.2 Å². The molecule has 0 spiro atoms. The van der Waals surface area contributed by atoms with Gasteiger partial charge in [0, 0.05) is 24.7 Å². The molecule has 0 unspecified atom stereocenters. The van der Waals surface area contributed by atoms with Crippen LogP contribution in [0.5, 0.6) is 5.75 Å². The van der Waals surface area contributed by atoms with Crippen molar-refractivity contribution in [3.63, 3.8) is 0 Å². The molecule has 1 aliphatic carbocycles. The van der Waals surface area contributed by atoms with Crippen molar-refractivity contribution in [2.45, 2.75) is 25.3 Å². The van der Waals surface area contributed by atoms with Gasteiger partial charge in [-0.1, -0.05) is 17.7 Å². The smallest absolute Gasteiger partial charge is 0.191 e. The van der Waals surface area contributed by atoms with Gasteiger partial charge in [0.2, 0.25) is 0 Å². The first kappa shape index (κ1) is 14.0. The van der Waals surface area contributed by atoms with Gasteiger partial charge in [-0.3, -0.25) is 4.99 Å². The lowest BCUT2D eigenvalue weighted by atomic mass is 10.1. The fourth-order valence-electron chi connectivity index (χ4n) is 1.79. The van der Waals surface area contributed by atoms with Crippen LogP contribution in [-0.4, -0.2) is 32.7 Å².